The summed E-state index contributed by atoms with van der Waals surface area (Å²) >= 11 is 0. The van der Waals surface area contributed by atoms with Gasteiger partial charge in [-0.2, -0.15) is 0 Å². The van der Waals surface area contributed by atoms with Crippen LogP contribution in [0.25, 0.3) is 0 Å². The van der Waals surface area contributed by atoms with Gasteiger partial charge in [-0.1, -0.05) is 13.0 Å². The number of aromatic nitrogens is 2. The Kier molecular flexibility index (Phi) is 5.09. The fourth-order valence-electron chi connectivity index (χ4n) is 2.24. The molecular weight excluding hydrogens is 269 g/mol. The fourth-order valence-corrected chi connectivity index (χ4v) is 2.24. The van der Waals surface area contributed by atoms with Crippen molar-refractivity contribution in [1.29, 1.82) is 0 Å². The van der Waals surface area contributed by atoms with Crippen LogP contribution in [-0.4, -0.2) is 21.5 Å². The lowest BCUT2D eigenvalue weighted by molar-refractivity contribution is -0.121. The number of aryl methyl sites for hydroxylation is 1. The van der Waals surface area contributed by atoms with Crippen LogP contribution in [0.3, 0.4) is 0 Å². The van der Waals surface area contributed by atoms with E-state index in [0.29, 0.717) is 6.54 Å². The number of imidazole rings is 1. The number of halogens is 1. The molecule has 0 saturated heterocycles. The predicted octanol–water partition coefficient (Wildman–Crippen LogP) is 2.47. The molecule has 1 unspecified atom stereocenters. The Morgan fingerprint density at radius 3 is 2.90 bits per heavy atom. The molecule has 2 aromatic rings. The second-order valence-corrected chi connectivity index (χ2v) is 5.18. The zero-order valence-electron chi connectivity index (χ0n) is 12.3. The van der Waals surface area contributed by atoms with Crippen molar-refractivity contribution >= 4 is 5.91 Å². The van der Waals surface area contributed by atoms with Gasteiger partial charge in [-0.15, -0.1) is 0 Å². The highest BCUT2D eigenvalue weighted by Gasteiger charge is 2.12. The summed E-state index contributed by atoms with van der Waals surface area (Å²) in [6.07, 6.45) is 6.44. The van der Waals surface area contributed by atoms with Gasteiger partial charge in [0.1, 0.15) is 5.82 Å². The molecule has 21 heavy (non-hydrogen) atoms. The van der Waals surface area contributed by atoms with E-state index in [1.807, 2.05) is 24.6 Å². The molecule has 1 aromatic carbocycles. The second kappa shape index (κ2) is 7.02. The lowest BCUT2D eigenvalue weighted by atomic mass is 10.0. The molecular formula is C16H20FN3O. The Hall–Kier alpha value is -2.17. The Bertz CT molecular complexity index is 596. The van der Waals surface area contributed by atoms with Crippen LogP contribution in [0.4, 0.5) is 4.39 Å². The van der Waals surface area contributed by atoms with E-state index in [2.05, 4.69) is 10.3 Å². The molecule has 5 heteroatoms. The molecule has 0 aliphatic heterocycles. The molecule has 0 radical (unpaired) electrons. The van der Waals surface area contributed by atoms with Crippen molar-refractivity contribution in [2.75, 3.05) is 0 Å². The Balaban J connectivity index is 1.93. The summed E-state index contributed by atoms with van der Waals surface area (Å²) in [5.41, 5.74) is 1.65. The lowest BCUT2D eigenvalue weighted by Crippen LogP contribution is -2.38. The van der Waals surface area contributed by atoms with Gasteiger partial charge in [0, 0.05) is 25.0 Å². The molecule has 2 rings (SSSR count). The highest BCUT2D eigenvalue weighted by atomic mass is 19.1. The third-order valence-electron chi connectivity index (χ3n) is 3.50. The molecule has 4 nitrogen and oxygen atoms in total. The summed E-state index contributed by atoms with van der Waals surface area (Å²) < 4.78 is 15.0. The Morgan fingerprint density at radius 2 is 2.29 bits per heavy atom. The topological polar surface area (TPSA) is 46.9 Å². The number of nitrogens with zero attached hydrogens (tertiary/aromatic N) is 2. The predicted molar refractivity (Wildman–Crippen MR) is 79.3 cm³/mol. The smallest absolute Gasteiger partial charge is 0.224 e. The molecule has 0 fully saturated rings. The van der Waals surface area contributed by atoms with Gasteiger partial charge >= 0.3 is 0 Å². The van der Waals surface area contributed by atoms with Crippen molar-refractivity contribution in [3.8, 4) is 0 Å². The SMILES string of the molecule is CCC(Cn1ccnc1)NC(=O)Cc1ccc(F)cc1C. The maximum Gasteiger partial charge on any atom is 0.224 e. The summed E-state index contributed by atoms with van der Waals surface area (Å²) in [5.74, 6) is -0.320. The molecule has 0 saturated carbocycles. The summed E-state index contributed by atoms with van der Waals surface area (Å²) in [6, 6.07) is 4.57. The van der Waals surface area contributed by atoms with Gasteiger partial charge in [-0.3, -0.25) is 4.79 Å². The highest BCUT2D eigenvalue weighted by Crippen LogP contribution is 2.11. The monoisotopic (exact) mass is 289 g/mol. The van der Waals surface area contributed by atoms with E-state index < -0.39 is 0 Å². The third-order valence-corrected chi connectivity index (χ3v) is 3.50. The minimum absolute atomic E-state index is 0.0447. The summed E-state index contributed by atoms with van der Waals surface area (Å²) in [4.78, 5) is 16.1. The van der Waals surface area contributed by atoms with Crippen molar-refractivity contribution < 1.29 is 9.18 Å². The van der Waals surface area contributed by atoms with Crippen LogP contribution in [0, 0.1) is 12.7 Å². The number of nitrogens with one attached hydrogen (secondary N) is 1. The first-order chi connectivity index (χ1) is 10.1. The Labute approximate surface area is 124 Å². The zero-order valence-corrected chi connectivity index (χ0v) is 12.3. The van der Waals surface area contributed by atoms with E-state index in [-0.39, 0.29) is 24.2 Å². The van der Waals surface area contributed by atoms with E-state index in [0.717, 1.165) is 17.5 Å². The average Bonchev–Trinajstić information content (AvgIpc) is 2.94. The maximum absolute atomic E-state index is 13.1. The van der Waals surface area contributed by atoms with Crippen LogP contribution in [0.5, 0.6) is 0 Å². The number of hydrogen-bond acceptors (Lipinski definition) is 2. The molecule has 112 valence electrons. The van der Waals surface area contributed by atoms with Gasteiger partial charge in [0.05, 0.1) is 12.7 Å². The van der Waals surface area contributed by atoms with Crippen LogP contribution in [-0.2, 0) is 17.8 Å². The standard InChI is InChI=1S/C16H20FN3O/c1-3-15(10-20-7-6-18-11-20)19-16(21)9-13-4-5-14(17)8-12(13)2/h4-8,11,15H,3,9-10H2,1-2H3,(H,19,21). The lowest BCUT2D eigenvalue weighted by Gasteiger charge is -2.18. The van der Waals surface area contributed by atoms with Crippen molar-refractivity contribution in [2.24, 2.45) is 0 Å². The molecule has 1 heterocycles. The summed E-state index contributed by atoms with van der Waals surface area (Å²) in [7, 11) is 0. The van der Waals surface area contributed by atoms with E-state index in [1.165, 1.54) is 12.1 Å². The number of rotatable bonds is 6. The minimum atomic E-state index is -0.275. The van der Waals surface area contributed by atoms with Gasteiger partial charge in [0.2, 0.25) is 5.91 Å². The second-order valence-electron chi connectivity index (χ2n) is 5.18. The van der Waals surface area contributed by atoms with Crippen molar-refractivity contribution in [1.82, 2.24) is 14.9 Å². The summed E-state index contributed by atoms with van der Waals surface area (Å²) in [6.45, 7) is 4.55. The van der Waals surface area contributed by atoms with Crippen LogP contribution in [0.1, 0.15) is 24.5 Å². The van der Waals surface area contributed by atoms with Gasteiger partial charge in [-0.05, 0) is 36.6 Å². The maximum atomic E-state index is 13.1. The first-order valence-corrected chi connectivity index (χ1v) is 7.08. The van der Waals surface area contributed by atoms with Crippen LogP contribution in [0.2, 0.25) is 0 Å². The normalized spacial score (nSPS) is 12.1. The van der Waals surface area contributed by atoms with Crippen LogP contribution in [0.15, 0.2) is 36.9 Å². The van der Waals surface area contributed by atoms with Gasteiger partial charge in [0.25, 0.3) is 0 Å². The third kappa shape index (κ3) is 4.41. The largest absolute Gasteiger partial charge is 0.351 e. The van der Waals surface area contributed by atoms with Gasteiger partial charge in [0.15, 0.2) is 0 Å². The molecule has 1 N–H and O–H groups in total. The quantitative estimate of drug-likeness (QED) is 0.888. The van der Waals surface area contributed by atoms with Crippen molar-refractivity contribution in [2.45, 2.75) is 39.3 Å². The fraction of sp³-hybridized carbons (Fsp3) is 0.375. The highest BCUT2D eigenvalue weighted by molar-refractivity contribution is 5.79. The van der Waals surface area contributed by atoms with E-state index in [1.54, 1.807) is 18.6 Å². The van der Waals surface area contributed by atoms with E-state index in [9.17, 15) is 9.18 Å². The van der Waals surface area contributed by atoms with E-state index >= 15 is 0 Å². The molecule has 0 bridgehead atoms. The number of carbonyl (C=O) groups is 1. The molecule has 1 atom stereocenters. The van der Waals surface area contributed by atoms with Crippen LogP contribution >= 0.6 is 0 Å². The molecule has 0 aliphatic carbocycles. The van der Waals surface area contributed by atoms with Crippen LogP contribution < -0.4 is 5.32 Å². The average molecular weight is 289 g/mol. The minimum Gasteiger partial charge on any atom is -0.351 e. The first-order valence-electron chi connectivity index (χ1n) is 7.08. The van der Waals surface area contributed by atoms with Gasteiger partial charge < -0.3 is 9.88 Å². The van der Waals surface area contributed by atoms with Gasteiger partial charge in [-0.25, -0.2) is 9.37 Å². The summed E-state index contributed by atoms with van der Waals surface area (Å²) in [5, 5.41) is 3.01. The van der Waals surface area contributed by atoms with Crippen molar-refractivity contribution in [3.05, 3.63) is 53.9 Å². The molecule has 0 spiro atoms. The number of amides is 1. The Morgan fingerprint density at radius 1 is 1.48 bits per heavy atom. The number of hydrogen-bond donors (Lipinski definition) is 1. The van der Waals surface area contributed by atoms with Crippen molar-refractivity contribution in [3.63, 3.8) is 0 Å². The molecule has 1 amide bonds. The number of benzene rings is 1. The molecule has 1 aromatic heterocycles. The van der Waals surface area contributed by atoms with E-state index in [4.69, 9.17) is 0 Å². The number of carbonyl (C=O) groups excluding carboxylic acids is 1. The zero-order chi connectivity index (χ0) is 15.2. The molecule has 0 aliphatic rings. The first kappa shape index (κ1) is 15.2.